The fourth-order valence-corrected chi connectivity index (χ4v) is 4.45. The van der Waals surface area contributed by atoms with Gasteiger partial charge in [-0.15, -0.1) is 10.2 Å². The summed E-state index contributed by atoms with van der Waals surface area (Å²) in [4.78, 5) is 12.4. The summed E-state index contributed by atoms with van der Waals surface area (Å²) in [5.41, 5.74) is 0.490. The zero-order chi connectivity index (χ0) is 21.2. The predicted octanol–water partition coefficient (Wildman–Crippen LogP) is 5.02. The van der Waals surface area contributed by atoms with Crippen molar-refractivity contribution in [2.45, 2.75) is 24.7 Å². The molecule has 0 fully saturated rings. The van der Waals surface area contributed by atoms with Crippen LogP contribution in [0.15, 0.2) is 47.4 Å². The molecule has 0 aliphatic carbocycles. The van der Waals surface area contributed by atoms with E-state index >= 15 is 0 Å². The Labute approximate surface area is 182 Å². The van der Waals surface area contributed by atoms with Gasteiger partial charge in [0, 0.05) is 17.2 Å². The van der Waals surface area contributed by atoms with Crippen LogP contribution in [0.5, 0.6) is 0 Å². The van der Waals surface area contributed by atoms with Gasteiger partial charge in [-0.05, 0) is 36.4 Å². The van der Waals surface area contributed by atoms with Gasteiger partial charge >= 0.3 is 0 Å². The highest BCUT2D eigenvalue weighted by Gasteiger charge is 2.17. The first-order valence-corrected chi connectivity index (χ1v) is 11.4. The maximum absolute atomic E-state index is 12.6. The molecule has 2 N–H and O–H groups in total. The van der Waals surface area contributed by atoms with Crippen LogP contribution in [0.2, 0.25) is 10.0 Å². The van der Waals surface area contributed by atoms with E-state index in [0.717, 1.165) is 5.01 Å². The zero-order valence-corrected chi connectivity index (χ0v) is 18.5. The molecule has 1 aromatic heterocycles. The number of carbonyl (C=O) groups excluding carboxylic acids is 1. The molecule has 2 aromatic carbocycles. The van der Waals surface area contributed by atoms with Crippen molar-refractivity contribution in [1.29, 1.82) is 0 Å². The molecule has 0 spiro atoms. The standard InChI is InChI=1S/C18H16Cl2N4O3S2/c1-10(2)17-22-23-18(28-17)21-16(25)11-4-3-5-12(8-11)24-29(26,27)13-6-7-14(19)15(20)9-13/h3-10,24H,1-2H3,(H,21,23,25). The number of carbonyl (C=O) groups is 1. The molecule has 3 aromatic rings. The number of amides is 1. The van der Waals surface area contributed by atoms with Gasteiger partial charge in [0.15, 0.2) is 0 Å². The quantitative estimate of drug-likeness (QED) is 0.526. The van der Waals surface area contributed by atoms with Crippen molar-refractivity contribution in [3.8, 4) is 0 Å². The Hall–Kier alpha value is -2.20. The van der Waals surface area contributed by atoms with E-state index in [0.29, 0.717) is 5.13 Å². The summed E-state index contributed by atoms with van der Waals surface area (Å²) < 4.78 is 27.6. The Bertz CT molecular complexity index is 1160. The molecule has 1 amide bonds. The van der Waals surface area contributed by atoms with Crippen LogP contribution >= 0.6 is 34.5 Å². The first-order chi connectivity index (χ1) is 13.7. The number of nitrogens with one attached hydrogen (secondary N) is 2. The monoisotopic (exact) mass is 470 g/mol. The predicted molar refractivity (Wildman–Crippen MR) is 116 cm³/mol. The van der Waals surface area contributed by atoms with E-state index in [-0.39, 0.29) is 32.1 Å². The number of nitrogens with zero attached hydrogens (tertiary/aromatic N) is 2. The Balaban J connectivity index is 1.77. The van der Waals surface area contributed by atoms with Gasteiger partial charge in [0.1, 0.15) is 5.01 Å². The summed E-state index contributed by atoms with van der Waals surface area (Å²) in [6.07, 6.45) is 0. The molecule has 1 heterocycles. The van der Waals surface area contributed by atoms with Crippen molar-refractivity contribution in [3.05, 3.63) is 63.1 Å². The lowest BCUT2D eigenvalue weighted by molar-refractivity contribution is 0.102. The zero-order valence-electron chi connectivity index (χ0n) is 15.3. The Kier molecular flexibility index (Phi) is 6.42. The SMILES string of the molecule is CC(C)c1nnc(NC(=O)c2cccc(NS(=O)(=O)c3ccc(Cl)c(Cl)c3)c2)s1. The van der Waals surface area contributed by atoms with Crippen LogP contribution < -0.4 is 10.0 Å². The molecule has 0 aliphatic heterocycles. The molecule has 0 unspecified atom stereocenters. The Morgan fingerprint density at radius 3 is 2.48 bits per heavy atom. The molecule has 152 valence electrons. The fourth-order valence-electron chi connectivity index (χ4n) is 2.27. The largest absolute Gasteiger partial charge is 0.296 e. The van der Waals surface area contributed by atoms with E-state index in [1.54, 1.807) is 12.1 Å². The highest BCUT2D eigenvalue weighted by Crippen LogP contribution is 2.27. The minimum atomic E-state index is -3.91. The molecular formula is C18H16Cl2N4O3S2. The second-order valence-corrected chi connectivity index (χ2v) is 9.82. The number of halogens is 2. The number of anilines is 2. The molecule has 11 heteroatoms. The van der Waals surface area contributed by atoms with Gasteiger partial charge in [-0.25, -0.2) is 8.42 Å². The molecule has 0 bridgehead atoms. The number of aromatic nitrogens is 2. The normalized spacial score (nSPS) is 11.5. The van der Waals surface area contributed by atoms with Crippen LogP contribution in [-0.2, 0) is 10.0 Å². The van der Waals surface area contributed by atoms with Gasteiger partial charge in [0.25, 0.3) is 15.9 Å². The van der Waals surface area contributed by atoms with Gasteiger partial charge < -0.3 is 0 Å². The van der Waals surface area contributed by atoms with Crippen molar-refractivity contribution < 1.29 is 13.2 Å². The molecule has 29 heavy (non-hydrogen) atoms. The molecular weight excluding hydrogens is 455 g/mol. The summed E-state index contributed by atoms with van der Waals surface area (Å²) >= 11 is 13.0. The number of hydrogen-bond donors (Lipinski definition) is 2. The molecule has 0 saturated carbocycles. The summed E-state index contributed by atoms with van der Waals surface area (Å²) in [5, 5.41) is 12.2. The third kappa shape index (κ3) is 5.24. The average molecular weight is 471 g/mol. The van der Waals surface area contributed by atoms with Crippen molar-refractivity contribution in [2.24, 2.45) is 0 Å². The Morgan fingerprint density at radius 2 is 1.83 bits per heavy atom. The van der Waals surface area contributed by atoms with Crippen LogP contribution in [-0.4, -0.2) is 24.5 Å². The van der Waals surface area contributed by atoms with Crippen molar-refractivity contribution in [1.82, 2.24) is 10.2 Å². The summed E-state index contributed by atoms with van der Waals surface area (Å²) in [6.45, 7) is 3.96. The third-order valence-corrected chi connectivity index (χ3v) is 6.99. The van der Waals surface area contributed by atoms with Crippen LogP contribution in [0.25, 0.3) is 0 Å². The van der Waals surface area contributed by atoms with Gasteiger partial charge in [0.2, 0.25) is 5.13 Å². The van der Waals surface area contributed by atoms with Gasteiger partial charge in [-0.3, -0.25) is 14.8 Å². The second kappa shape index (κ2) is 8.66. The van der Waals surface area contributed by atoms with Crippen LogP contribution in [0.3, 0.4) is 0 Å². The Morgan fingerprint density at radius 1 is 1.07 bits per heavy atom. The lowest BCUT2D eigenvalue weighted by Crippen LogP contribution is -2.15. The minimum absolute atomic E-state index is 0.0446. The lowest BCUT2D eigenvalue weighted by Gasteiger charge is -2.10. The van der Waals surface area contributed by atoms with Crippen molar-refractivity contribution in [3.63, 3.8) is 0 Å². The van der Waals surface area contributed by atoms with E-state index in [9.17, 15) is 13.2 Å². The van der Waals surface area contributed by atoms with E-state index in [1.165, 1.54) is 41.7 Å². The number of rotatable bonds is 6. The number of sulfonamides is 1. The van der Waals surface area contributed by atoms with E-state index in [1.807, 2.05) is 13.8 Å². The summed E-state index contributed by atoms with van der Waals surface area (Å²) in [6, 6.07) is 10.1. The molecule has 0 saturated heterocycles. The molecule has 0 atom stereocenters. The fraction of sp³-hybridized carbons (Fsp3) is 0.167. The third-order valence-electron chi connectivity index (χ3n) is 3.73. The smallest absolute Gasteiger partial charge is 0.261 e. The van der Waals surface area contributed by atoms with Crippen LogP contribution in [0.1, 0.15) is 35.1 Å². The van der Waals surface area contributed by atoms with Crippen molar-refractivity contribution >= 4 is 61.3 Å². The first kappa shape index (κ1) is 21.5. The molecule has 7 nitrogen and oxygen atoms in total. The highest BCUT2D eigenvalue weighted by molar-refractivity contribution is 7.92. The van der Waals surface area contributed by atoms with Crippen LogP contribution in [0, 0.1) is 0 Å². The van der Waals surface area contributed by atoms with Gasteiger partial charge in [-0.2, -0.15) is 0 Å². The average Bonchev–Trinajstić information content (AvgIpc) is 3.12. The van der Waals surface area contributed by atoms with E-state index < -0.39 is 15.9 Å². The first-order valence-electron chi connectivity index (χ1n) is 8.38. The molecule has 3 rings (SSSR count). The highest BCUT2D eigenvalue weighted by atomic mass is 35.5. The maximum Gasteiger partial charge on any atom is 0.261 e. The van der Waals surface area contributed by atoms with E-state index in [4.69, 9.17) is 23.2 Å². The minimum Gasteiger partial charge on any atom is -0.296 e. The lowest BCUT2D eigenvalue weighted by atomic mass is 10.2. The van der Waals surface area contributed by atoms with Crippen LogP contribution in [0.4, 0.5) is 10.8 Å². The van der Waals surface area contributed by atoms with E-state index in [2.05, 4.69) is 20.2 Å². The topological polar surface area (TPSA) is 101 Å². The van der Waals surface area contributed by atoms with Gasteiger partial charge in [-0.1, -0.05) is 54.5 Å². The number of benzene rings is 2. The molecule has 0 aliphatic rings. The summed E-state index contributed by atoms with van der Waals surface area (Å²) in [5.74, 6) is -0.218. The number of hydrogen-bond acceptors (Lipinski definition) is 6. The van der Waals surface area contributed by atoms with Gasteiger partial charge in [0.05, 0.1) is 14.9 Å². The maximum atomic E-state index is 12.6. The summed E-state index contributed by atoms with van der Waals surface area (Å²) in [7, 11) is -3.91. The molecule has 0 radical (unpaired) electrons. The van der Waals surface area contributed by atoms with Crippen molar-refractivity contribution in [2.75, 3.05) is 10.0 Å². The second-order valence-electron chi connectivity index (χ2n) is 6.32.